The van der Waals surface area contributed by atoms with Gasteiger partial charge in [0.2, 0.25) is 0 Å². The molecule has 1 aromatic heterocycles. The van der Waals surface area contributed by atoms with Crippen molar-refractivity contribution in [1.29, 1.82) is 0 Å². The molecule has 0 aliphatic heterocycles. The van der Waals surface area contributed by atoms with E-state index in [4.69, 9.17) is 0 Å². The van der Waals surface area contributed by atoms with Gasteiger partial charge in [-0.15, -0.1) is 11.3 Å². The van der Waals surface area contributed by atoms with Crippen LogP contribution in [0.25, 0.3) is 11.3 Å². The quantitative estimate of drug-likeness (QED) is 0.362. The van der Waals surface area contributed by atoms with Gasteiger partial charge in [-0.3, -0.25) is 14.9 Å². The van der Waals surface area contributed by atoms with Crippen LogP contribution < -0.4 is 5.32 Å². The Labute approximate surface area is 157 Å². The fourth-order valence-electron chi connectivity index (χ4n) is 2.07. The maximum absolute atomic E-state index is 12.1. The van der Waals surface area contributed by atoms with E-state index in [-0.39, 0.29) is 0 Å². The number of nitrogens with one attached hydrogen (secondary N) is 1. The molecule has 0 spiro atoms. The van der Waals surface area contributed by atoms with Crippen LogP contribution in [0, 0.1) is 10.5 Å². The normalized spacial score (nSPS) is 10.4. The lowest BCUT2D eigenvalue weighted by molar-refractivity contribution is -0.112. The number of benzene rings is 2. The maximum atomic E-state index is 12.1. The molecule has 0 atom stereocenters. The van der Waals surface area contributed by atoms with Crippen molar-refractivity contribution in [2.24, 2.45) is 0 Å². The Morgan fingerprint density at radius 2 is 1.71 bits per heavy atom. The summed E-state index contributed by atoms with van der Waals surface area (Å²) in [7, 11) is 0. The highest BCUT2D eigenvalue weighted by atomic mass is 127. The molecule has 0 bridgehead atoms. The second-order valence-electron chi connectivity index (χ2n) is 5.19. The molecular formula is C18H13IN2O2S. The molecule has 1 N–H and O–H groups in total. The van der Waals surface area contributed by atoms with E-state index in [1.807, 2.05) is 36.6 Å². The molecule has 0 aliphatic carbocycles. The Hall–Kier alpha value is -2.06. The van der Waals surface area contributed by atoms with Crippen LogP contribution in [-0.2, 0) is 4.79 Å². The van der Waals surface area contributed by atoms with Crippen molar-refractivity contribution in [2.75, 3.05) is 5.32 Å². The van der Waals surface area contributed by atoms with Crippen LogP contribution in [0.15, 0.2) is 53.9 Å². The number of anilines is 1. The van der Waals surface area contributed by atoms with E-state index in [2.05, 4.69) is 32.9 Å². The third-order valence-electron chi connectivity index (χ3n) is 3.38. The first kappa shape index (κ1) is 16.8. The number of nitrogens with zero attached hydrogens (tertiary/aromatic N) is 1. The maximum Gasteiger partial charge on any atom is 0.298 e. The Balaban J connectivity index is 1.72. The van der Waals surface area contributed by atoms with Gasteiger partial charge in [-0.1, -0.05) is 42.0 Å². The fraction of sp³-hybridized carbons (Fsp3) is 0.0556. The van der Waals surface area contributed by atoms with Crippen molar-refractivity contribution < 1.29 is 9.59 Å². The molecule has 0 aliphatic rings. The molecule has 4 nitrogen and oxygen atoms in total. The van der Waals surface area contributed by atoms with Gasteiger partial charge in [0.05, 0.1) is 5.69 Å². The van der Waals surface area contributed by atoms with Crippen molar-refractivity contribution >= 4 is 50.7 Å². The summed E-state index contributed by atoms with van der Waals surface area (Å²) in [5.74, 6) is -1.25. The van der Waals surface area contributed by atoms with Crippen molar-refractivity contribution in [2.45, 2.75) is 6.92 Å². The molecule has 0 fully saturated rings. The van der Waals surface area contributed by atoms with E-state index in [9.17, 15) is 9.59 Å². The molecule has 3 aromatic rings. The van der Waals surface area contributed by atoms with E-state index < -0.39 is 11.7 Å². The number of amides is 1. The van der Waals surface area contributed by atoms with E-state index >= 15 is 0 Å². The van der Waals surface area contributed by atoms with Crippen LogP contribution in [0.4, 0.5) is 5.13 Å². The minimum atomic E-state index is -0.678. The van der Waals surface area contributed by atoms with Gasteiger partial charge in [-0.25, -0.2) is 4.98 Å². The molecule has 0 radical (unpaired) electrons. The molecule has 0 unspecified atom stereocenters. The first-order valence-corrected chi connectivity index (χ1v) is 9.12. The molecular weight excluding hydrogens is 435 g/mol. The number of aromatic nitrogens is 1. The third-order valence-corrected chi connectivity index (χ3v) is 4.86. The Kier molecular flexibility index (Phi) is 5.06. The van der Waals surface area contributed by atoms with Crippen molar-refractivity contribution in [1.82, 2.24) is 4.98 Å². The highest BCUT2D eigenvalue weighted by molar-refractivity contribution is 14.1. The monoisotopic (exact) mass is 448 g/mol. The molecule has 2 aromatic carbocycles. The summed E-state index contributed by atoms with van der Waals surface area (Å²) < 4.78 is 1.14. The van der Waals surface area contributed by atoms with Crippen LogP contribution in [0.2, 0.25) is 0 Å². The van der Waals surface area contributed by atoms with Gasteiger partial charge < -0.3 is 0 Å². The zero-order valence-electron chi connectivity index (χ0n) is 12.7. The van der Waals surface area contributed by atoms with E-state index in [0.29, 0.717) is 10.7 Å². The van der Waals surface area contributed by atoms with Gasteiger partial charge in [0.15, 0.2) is 5.13 Å². The van der Waals surface area contributed by atoms with Gasteiger partial charge in [-0.2, -0.15) is 0 Å². The van der Waals surface area contributed by atoms with Gasteiger partial charge in [-0.05, 0) is 41.6 Å². The van der Waals surface area contributed by atoms with E-state index in [1.165, 1.54) is 11.3 Å². The van der Waals surface area contributed by atoms with Crippen LogP contribution in [0.1, 0.15) is 15.9 Å². The number of thiazole rings is 1. The standard InChI is InChI=1S/C18H13IN2O2S/c1-11-2-4-13(5-3-11)16(22)17(23)21-18-20-15(10-24-18)12-6-8-14(19)9-7-12/h2-10H,1H3,(H,20,21,23). The molecule has 24 heavy (non-hydrogen) atoms. The van der Waals surface area contributed by atoms with Gasteiger partial charge in [0.25, 0.3) is 11.7 Å². The highest BCUT2D eigenvalue weighted by Gasteiger charge is 2.17. The average Bonchev–Trinajstić information content (AvgIpc) is 3.04. The summed E-state index contributed by atoms with van der Waals surface area (Å²) in [6.07, 6.45) is 0. The lowest BCUT2D eigenvalue weighted by atomic mass is 10.1. The SMILES string of the molecule is Cc1ccc(C(=O)C(=O)Nc2nc(-c3ccc(I)cc3)cs2)cc1. The number of carbonyl (C=O) groups excluding carboxylic acids is 2. The molecule has 0 saturated heterocycles. The van der Waals surface area contributed by atoms with Crippen LogP contribution >= 0.6 is 33.9 Å². The Morgan fingerprint density at radius 3 is 2.38 bits per heavy atom. The second kappa shape index (κ2) is 7.23. The van der Waals surface area contributed by atoms with Crippen LogP contribution in [0.3, 0.4) is 0 Å². The zero-order valence-corrected chi connectivity index (χ0v) is 15.7. The van der Waals surface area contributed by atoms with Gasteiger partial charge in [0, 0.05) is 20.1 Å². The Bertz CT molecular complexity index is 886. The molecule has 0 saturated carbocycles. The number of rotatable bonds is 4. The van der Waals surface area contributed by atoms with Crippen molar-refractivity contribution in [3.63, 3.8) is 0 Å². The predicted octanol–water partition coefficient (Wildman–Crippen LogP) is 4.54. The number of carbonyl (C=O) groups is 2. The smallest absolute Gasteiger partial charge is 0.295 e. The lowest BCUT2D eigenvalue weighted by Crippen LogP contribution is -2.22. The number of ketones is 1. The van der Waals surface area contributed by atoms with E-state index in [0.717, 1.165) is 20.4 Å². The average molecular weight is 448 g/mol. The van der Waals surface area contributed by atoms with Crippen LogP contribution in [0.5, 0.6) is 0 Å². The van der Waals surface area contributed by atoms with Crippen molar-refractivity contribution in [3.8, 4) is 11.3 Å². The number of Topliss-reactive ketones (excluding diaryl/α,β-unsaturated/α-hetero) is 1. The summed E-state index contributed by atoms with van der Waals surface area (Å²) in [5, 5.41) is 4.84. The van der Waals surface area contributed by atoms with E-state index in [1.54, 1.807) is 24.3 Å². The first-order chi connectivity index (χ1) is 11.5. The first-order valence-electron chi connectivity index (χ1n) is 7.17. The third kappa shape index (κ3) is 3.88. The molecule has 1 heterocycles. The minimum absolute atomic E-state index is 0.368. The van der Waals surface area contributed by atoms with Crippen LogP contribution in [-0.4, -0.2) is 16.7 Å². The molecule has 120 valence electrons. The number of aryl methyl sites for hydroxylation is 1. The zero-order chi connectivity index (χ0) is 17.1. The molecule has 6 heteroatoms. The molecule has 1 amide bonds. The number of hydrogen-bond donors (Lipinski definition) is 1. The topological polar surface area (TPSA) is 59.1 Å². The summed E-state index contributed by atoms with van der Waals surface area (Å²) in [5.41, 5.74) is 3.15. The highest BCUT2D eigenvalue weighted by Crippen LogP contribution is 2.25. The predicted molar refractivity (Wildman–Crippen MR) is 104 cm³/mol. The summed E-state index contributed by atoms with van der Waals surface area (Å²) >= 11 is 3.53. The Morgan fingerprint density at radius 1 is 1.04 bits per heavy atom. The fourth-order valence-corrected chi connectivity index (χ4v) is 3.15. The second-order valence-corrected chi connectivity index (χ2v) is 7.30. The van der Waals surface area contributed by atoms with Gasteiger partial charge in [0.1, 0.15) is 0 Å². The number of hydrogen-bond acceptors (Lipinski definition) is 4. The van der Waals surface area contributed by atoms with Crippen molar-refractivity contribution in [3.05, 3.63) is 68.6 Å². The number of halogens is 1. The minimum Gasteiger partial charge on any atom is -0.295 e. The summed E-state index contributed by atoms with van der Waals surface area (Å²) in [4.78, 5) is 28.6. The summed E-state index contributed by atoms with van der Waals surface area (Å²) in [6.45, 7) is 1.93. The molecule has 3 rings (SSSR count). The largest absolute Gasteiger partial charge is 0.298 e. The van der Waals surface area contributed by atoms with Gasteiger partial charge >= 0.3 is 0 Å². The summed E-state index contributed by atoms with van der Waals surface area (Å²) in [6, 6.07) is 14.8. The lowest BCUT2D eigenvalue weighted by Gasteiger charge is -2.02.